The molecule has 3 fully saturated rings. The number of thioether (sulfide) groups is 1. The summed E-state index contributed by atoms with van der Waals surface area (Å²) in [5, 5.41) is 11.1. The Morgan fingerprint density at radius 2 is 1.93 bits per heavy atom. The molecule has 0 N–H and O–H groups in total. The van der Waals surface area contributed by atoms with Gasteiger partial charge < -0.3 is 9.47 Å². The molecule has 2 amide bonds. The monoisotopic (exact) mass is 569 g/mol. The van der Waals surface area contributed by atoms with Crippen molar-refractivity contribution in [2.45, 2.75) is 48.7 Å². The number of fused-ring (bicyclic) bond motifs is 7. The number of aromatic nitrogens is 1. The van der Waals surface area contributed by atoms with Gasteiger partial charge in [0.25, 0.3) is 0 Å². The van der Waals surface area contributed by atoms with Gasteiger partial charge in [-0.2, -0.15) is 5.26 Å². The van der Waals surface area contributed by atoms with Gasteiger partial charge in [0, 0.05) is 16.5 Å². The summed E-state index contributed by atoms with van der Waals surface area (Å²) in [4.78, 5) is 34.2. The lowest BCUT2D eigenvalue weighted by Gasteiger charge is -2.31. The maximum Gasteiger partial charge on any atom is 0.240 e. The lowest BCUT2D eigenvalue weighted by Crippen LogP contribution is -2.42. The highest BCUT2D eigenvalue weighted by atomic mass is 32.2. The molecule has 0 spiro atoms. The fraction of sp³-hybridized carbons (Fsp3) is 0.355. The smallest absolute Gasteiger partial charge is 0.240 e. The highest BCUT2D eigenvalue weighted by Gasteiger charge is 2.73. The molecule has 202 valence electrons. The molecule has 0 saturated carbocycles. The van der Waals surface area contributed by atoms with Gasteiger partial charge in [0.05, 0.1) is 57.2 Å². The van der Waals surface area contributed by atoms with Crippen LogP contribution in [0.3, 0.4) is 0 Å². The quantitative estimate of drug-likeness (QED) is 0.190. The van der Waals surface area contributed by atoms with E-state index in [1.165, 1.54) is 4.90 Å². The van der Waals surface area contributed by atoms with Crippen LogP contribution in [-0.4, -0.2) is 40.4 Å². The number of hydrogen-bond acceptors (Lipinski definition) is 8. The number of rotatable bonds is 7. The van der Waals surface area contributed by atoms with Crippen LogP contribution in [0.15, 0.2) is 58.9 Å². The average molecular weight is 570 g/mol. The molecule has 1 aromatic heterocycles. The zero-order valence-corrected chi connectivity index (χ0v) is 23.8. The van der Waals surface area contributed by atoms with E-state index in [9.17, 15) is 14.9 Å². The summed E-state index contributed by atoms with van der Waals surface area (Å²) in [6, 6.07) is 19.0. The Morgan fingerprint density at radius 1 is 1.12 bits per heavy atom. The van der Waals surface area contributed by atoms with E-state index in [0.717, 1.165) is 49.7 Å². The number of carbonyl (C=O) groups is 2. The van der Waals surface area contributed by atoms with Crippen LogP contribution in [-0.2, 0) is 14.3 Å². The summed E-state index contributed by atoms with van der Waals surface area (Å²) >= 11 is 3.31. The zero-order chi connectivity index (χ0) is 27.6. The molecule has 0 radical (unpaired) electrons. The first kappa shape index (κ1) is 25.5. The highest BCUT2D eigenvalue weighted by Crippen LogP contribution is 2.62. The molecule has 4 aromatic rings. The van der Waals surface area contributed by atoms with Gasteiger partial charge in [-0.3, -0.25) is 9.59 Å². The van der Waals surface area contributed by atoms with Crippen molar-refractivity contribution in [3.63, 3.8) is 0 Å². The minimum absolute atomic E-state index is 0.193. The third kappa shape index (κ3) is 3.70. The molecule has 0 aliphatic carbocycles. The Balaban J connectivity index is 1.16. The fourth-order valence-electron chi connectivity index (χ4n) is 6.94. The fourth-order valence-corrected chi connectivity index (χ4v) is 9.20. The van der Waals surface area contributed by atoms with E-state index in [1.807, 2.05) is 56.3 Å². The highest BCUT2D eigenvalue weighted by molar-refractivity contribution is 8.01. The van der Waals surface area contributed by atoms with Gasteiger partial charge in [0.15, 0.2) is 4.34 Å². The second kappa shape index (κ2) is 9.30. The maximum absolute atomic E-state index is 14.1. The summed E-state index contributed by atoms with van der Waals surface area (Å²) in [7, 11) is 0. The zero-order valence-electron chi connectivity index (χ0n) is 22.2. The van der Waals surface area contributed by atoms with E-state index in [-0.39, 0.29) is 11.8 Å². The third-order valence-electron chi connectivity index (χ3n) is 8.68. The number of thiazole rings is 1. The Kier molecular flexibility index (Phi) is 5.93. The molecule has 3 aliphatic rings. The van der Waals surface area contributed by atoms with Crippen LogP contribution in [0.4, 0.5) is 5.69 Å². The number of ether oxygens (including phenoxy) is 2. The van der Waals surface area contributed by atoms with Gasteiger partial charge in [-0.1, -0.05) is 36.0 Å². The number of nitrogens with zero attached hydrogens (tertiary/aromatic N) is 3. The van der Waals surface area contributed by atoms with Gasteiger partial charge in [-0.25, -0.2) is 9.88 Å². The topological polar surface area (TPSA) is 92.5 Å². The van der Waals surface area contributed by atoms with E-state index in [2.05, 4.69) is 6.07 Å². The normalized spacial score (nSPS) is 27.1. The minimum Gasteiger partial charge on any atom is -0.494 e. The second-order valence-corrected chi connectivity index (χ2v) is 13.2. The largest absolute Gasteiger partial charge is 0.494 e. The number of carbonyl (C=O) groups excluding carboxylic acids is 2. The van der Waals surface area contributed by atoms with Crippen molar-refractivity contribution in [2.24, 2.45) is 11.8 Å². The van der Waals surface area contributed by atoms with E-state index in [4.69, 9.17) is 14.5 Å². The Labute approximate surface area is 240 Å². The van der Waals surface area contributed by atoms with Gasteiger partial charge in [-0.15, -0.1) is 11.3 Å². The van der Waals surface area contributed by atoms with Crippen LogP contribution in [0.1, 0.15) is 38.7 Å². The standard InChI is InChI=1S/C31H27N3O4S2/c1-3-37-19-9-10-22-24(16-19)40-29(33-22)39-15-14-31-13-12-30(2,38-31)25-26(31)28(36)34(27(25)35)23-11-8-18(17-32)20-6-4-5-7-21(20)23/h4-11,16,25-26H,3,12-15H2,1-2H3/t25-,26+,30-,31-/m0/s1. The first-order valence-corrected chi connectivity index (χ1v) is 15.3. The van der Waals surface area contributed by atoms with E-state index in [1.54, 1.807) is 35.2 Å². The number of hydrogen-bond donors (Lipinski definition) is 0. The predicted octanol–water partition coefficient (Wildman–Crippen LogP) is 6.33. The van der Waals surface area contributed by atoms with Crippen LogP contribution in [0.5, 0.6) is 5.75 Å². The summed E-state index contributed by atoms with van der Waals surface area (Å²) in [6.07, 6.45) is 2.17. The molecule has 3 saturated heterocycles. The van der Waals surface area contributed by atoms with Crippen molar-refractivity contribution in [3.8, 4) is 11.8 Å². The number of nitriles is 1. The van der Waals surface area contributed by atoms with E-state index in [0.29, 0.717) is 24.3 Å². The van der Waals surface area contributed by atoms with Gasteiger partial charge in [0.2, 0.25) is 11.8 Å². The van der Waals surface area contributed by atoms with E-state index >= 15 is 0 Å². The Morgan fingerprint density at radius 3 is 2.73 bits per heavy atom. The van der Waals surface area contributed by atoms with Gasteiger partial charge in [-0.05, 0) is 63.4 Å². The molecular formula is C31H27N3O4S2. The van der Waals surface area contributed by atoms with Crippen LogP contribution in [0.25, 0.3) is 21.0 Å². The van der Waals surface area contributed by atoms with Gasteiger partial charge >= 0.3 is 0 Å². The van der Waals surface area contributed by atoms with E-state index < -0.39 is 23.0 Å². The maximum atomic E-state index is 14.1. The predicted molar refractivity (Wildman–Crippen MR) is 156 cm³/mol. The van der Waals surface area contributed by atoms with Crippen molar-refractivity contribution in [3.05, 3.63) is 60.2 Å². The van der Waals surface area contributed by atoms with Crippen LogP contribution in [0, 0.1) is 23.2 Å². The summed E-state index contributed by atoms with van der Waals surface area (Å²) in [5.41, 5.74) is 0.681. The van der Waals surface area contributed by atoms with Crippen molar-refractivity contribution in [1.82, 2.24) is 4.98 Å². The van der Waals surface area contributed by atoms with Crippen LogP contribution >= 0.6 is 23.1 Å². The number of amides is 2. The first-order chi connectivity index (χ1) is 19.4. The molecule has 3 aromatic carbocycles. The van der Waals surface area contributed by atoms with Crippen molar-refractivity contribution in [1.29, 1.82) is 5.26 Å². The lowest BCUT2D eigenvalue weighted by atomic mass is 9.67. The second-order valence-electron chi connectivity index (χ2n) is 10.9. The lowest BCUT2D eigenvalue weighted by molar-refractivity contribution is -0.130. The molecule has 9 heteroatoms. The van der Waals surface area contributed by atoms with Crippen molar-refractivity contribution in [2.75, 3.05) is 17.3 Å². The molecule has 40 heavy (non-hydrogen) atoms. The molecule has 7 rings (SSSR count). The van der Waals surface area contributed by atoms with Crippen molar-refractivity contribution < 1.29 is 19.1 Å². The van der Waals surface area contributed by atoms with Crippen molar-refractivity contribution >= 4 is 61.6 Å². The van der Waals surface area contributed by atoms with Crippen LogP contribution < -0.4 is 9.64 Å². The van der Waals surface area contributed by atoms with Crippen LogP contribution in [0.2, 0.25) is 0 Å². The average Bonchev–Trinajstić information content (AvgIpc) is 3.66. The molecule has 2 bridgehead atoms. The molecule has 7 nitrogen and oxygen atoms in total. The summed E-state index contributed by atoms with van der Waals surface area (Å²) in [5.74, 6) is 0.164. The molecule has 4 heterocycles. The number of imide groups is 1. The Bertz CT molecular complexity index is 1750. The minimum atomic E-state index is -0.672. The first-order valence-electron chi connectivity index (χ1n) is 13.5. The van der Waals surface area contributed by atoms with Gasteiger partial charge in [0.1, 0.15) is 5.75 Å². The molecular weight excluding hydrogens is 542 g/mol. The number of anilines is 1. The molecule has 0 unspecified atom stereocenters. The number of benzene rings is 3. The summed E-state index contributed by atoms with van der Waals surface area (Å²) in [6.45, 7) is 4.58. The molecule has 3 aliphatic heterocycles. The third-order valence-corrected chi connectivity index (χ3v) is 10.8. The molecule has 4 atom stereocenters. The summed E-state index contributed by atoms with van der Waals surface area (Å²) < 4.78 is 14.3. The Hall–Kier alpha value is -3.45. The SMILES string of the molecule is CCOc1ccc2nc(SCC[C@]34CC[C@](C)(O3)[C@@H]3C(=O)N(c5ccc(C#N)c6ccccc56)C(=O)[C@@H]34)sc2c1.